The van der Waals surface area contributed by atoms with E-state index >= 15 is 0 Å². The Balaban J connectivity index is 1.88. The molecule has 0 aliphatic heterocycles. The monoisotopic (exact) mass is 322 g/mol. The summed E-state index contributed by atoms with van der Waals surface area (Å²) in [5, 5.41) is 9.21. The Morgan fingerprint density at radius 2 is 1.61 bits per heavy atom. The molecule has 114 valence electrons. The highest BCUT2D eigenvalue weighted by Crippen LogP contribution is 2.34. The molecule has 1 heterocycles. The van der Waals surface area contributed by atoms with Crippen LogP contribution in [0.5, 0.6) is 0 Å². The van der Waals surface area contributed by atoms with Crippen LogP contribution in [0.3, 0.4) is 0 Å². The van der Waals surface area contributed by atoms with E-state index in [1.165, 1.54) is 0 Å². The molecule has 5 heteroatoms. The Hall–Kier alpha value is -2.66. The fourth-order valence-corrected chi connectivity index (χ4v) is 3.04. The summed E-state index contributed by atoms with van der Waals surface area (Å²) < 4.78 is 0. The fraction of sp³-hybridized carbons (Fsp3) is 0.0556. The zero-order valence-corrected chi connectivity index (χ0v) is 13.0. The molecule has 0 fully saturated rings. The zero-order chi connectivity index (χ0) is 16.1. The zero-order valence-electron chi connectivity index (χ0n) is 12.2. The minimum Gasteiger partial charge on any atom is -0.480 e. The molecule has 4 nitrogen and oxygen atoms in total. The molecular formula is C18H14N2O2S. The summed E-state index contributed by atoms with van der Waals surface area (Å²) in [5.74, 6) is -0.907. The molecule has 1 aromatic heterocycles. The van der Waals surface area contributed by atoms with Gasteiger partial charge in [0.2, 0.25) is 0 Å². The first kappa shape index (κ1) is 15.2. The molecule has 3 aromatic rings. The van der Waals surface area contributed by atoms with Gasteiger partial charge in [-0.15, -0.1) is 0 Å². The van der Waals surface area contributed by atoms with Gasteiger partial charge < -0.3 is 5.11 Å². The van der Waals surface area contributed by atoms with Gasteiger partial charge in [-0.3, -0.25) is 4.79 Å². The number of carboxylic acids is 1. The van der Waals surface area contributed by atoms with Crippen molar-refractivity contribution in [3.63, 3.8) is 0 Å². The summed E-state index contributed by atoms with van der Waals surface area (Å²) in [6, 6.07) is 20.7. The van der Waals surface area contributed by atoms with Crippen molar-refractivity contribution in [2.24, 2.45) is 0 Å². The first-order valence-corrected chi connectivity index (χ1v) is 7.95. The van der Waals surface area contributed by atoms with E-state index in [1.54, 1.807) is 18.3 Å². The molecular weight excluding hydrogens is 308 g/mol. The van der Waals surface area contributed by atoms with E-state index in [2.05, 4.69) is 9.97 Å². The predicted octanol–water partition coefficient (Wildman–Crippen LogP) is 4.06. The second-order valence-corrected chi connectivity index (χ2v) is 5.91. The number of nitrogens with zero attached hydrogens (tertiary/aromatic N) is 2. The van der Waals surface area contributed by atoms with Crippen LogP contribution in [0, 0.1) is 0 Å². The Morgan fingerprint density at radius 3 is 2.26 bits per heavy atom. The molecule has 3 rings (SSSR count). The average Bonchev–Trinajstić information content (AvgIpc) is 2.61. The van der Waals surface area contributed by atoms with Crippen LogP contribution >= 0.6 is 11.8 Å². The number of aromatic nitrogens is 2. The maximum atomic E-state index is 11.6. The fourth-order valence-electron chi connectivity index (χ4n) is 2.16. The van der Waals surface area contributed by atoms with Crippen molar-refractivity contribution in [1.29, 1.82) is 0 Å². The second kappa shape index (κ2) is 7.07. The summed E-state index contributed by atoms with van der Waals surface area (Å²) in [6.07, 6.45) is 1.65. The highest BCUT2D eigenvalue weighted by atomic mass is 32.2. The SMILES string of the molecule is O=C(O)[C@@H](Sc1nccc(-c2ccccc2)n1)c1ccccc1. The predicted molar refractivity (Wildman–Crippen MR) is 90.1 cm³/mol. The number of hydrogen-bond donors (Lipinski definition) is 1. The minimum atomic E-state index is -0.907. The molecule has 0 unspecified atom stereocenters. The van der Waals surface area contributed by atoms with Gasteiger partial charge in [0.1, 0.15) is 5.25 Å². The smallest absolute Gasteiger partial charge is 0.321 e. The third-order valence-corrected chi connectivity index (χ3v) is 4.37. The van der Waals surface area contributed by atoms with Gasteiger partial charge in [0.25, 0.3) is 0 Å². The van der Waals surface area contributed by atoms with Gasteiger partial charge >= 0.3 is 5.97 Å². The summed E-state index contributed by atoms with van der Waals surface area (Å²) in [5.41, 5.74) is 2.47. The molecule has 23 heavy (non-hydrogen) atoms. The Kier molecular flexibility index (Phi) is 4.68. The van der Waals surface area contributed by atoms with Crippen molar-refractivity contribution in [2.45, 2.75) is 10.4 Å². The quantitative estimate of drug-likeness (QED) is 0.567. The topological polar surface area (TPSA) is 63.1 Å². The number of aliphatic carboxylic acids is 1. The molecule has 0 aliphatic carbocycles. The molecule has 0 radical (unpaired) electrons. The van der Waals surface area contributed by atoms with Gasteiger partial charge in [-0.1, -0.05) is 72.4 Å². The number of carbonyl (C=O) groups is 1. The van der Waals surface area contributed by atoms with Gasteiger partial charge in [-0.2, -0.15) is 0 Å². The lowest BCUT2D eigenvalue weighted by Gasteiger charge is -2.11. The van der Waals surface area contributed by atoms with Crippen LogP contribution in [0.4, 0.5) is 0 Å². The van der Waals surface area contributed by atoms with Crippen molar-refractivity contribution in [3.05, 3.63) is 78.5 Å². The first-order chi connectivity index (χ1) is 11.2. The molecule has 1 atom stereocenters. The molecule has 0 spiro atoms. The van der Waals surface area contributed by atoms with Crippen molar-refractivity contribution >= 4 is 17.7 Å². The van der Waals surface area contributed by atoms with E-state index in [9.17, 15) is 9.90 Å². The first-order valence-electron chi connectivity index (χ1n) is 7.07. The van der Waals surface area contributed by atoms with Crippen LogP contribution < -0.4 is 0 Å². The van der Waals surface area contributed by atoms with E-state index < -0.39 is 11.2 Å². The van der Waals surface area contributed by atoms with Crippen molar-refractivity contribution in [2.75, 3.05) is 0 Å². The van der Waals surface area contributed by atoms with Gasteiger partial charge in [-0.25, -0.2) is 9.97 Å². The summed E-state index contributed by atoms with van der Waals surface area (Å²) >= 11 is 1.14. The number of carboxylic acid groups (broad SMARTS) is 1. The normalized spacial score (nSPS) is 11.8. The van der Waals surface area contributed by atoms with Crippen molar-refractivity contribution < 1.29 is 9.90 Å². The summed E-state index contributed by atoms with van der Waals surface area (Å²) in [7, 11) is 0. The Bertz CT molecular complexity index is 794. The number of thioether (sulfide) groups is 1. The van der Waals surface area contributed by atoms with E-state index in [0.717, 1.165) is 28.6 Å². The number of benzene rings is 2. The van der Waals surface area contributed by atoms with Crippen LogP contribution in [-0.2, 0) is 4.79 Å². The second-order valence-electron chi connectivity index (χ2n) is 4.84. The highest BCUT2D eigenvalue weighted by molar-refractivity contribution is 8.00. The van der Waals surface area contributed by atoms with E-state index in [4.69, 9.17) is 0 Å². The third-order valence-electron chi connectivity index (χ3n) is 3.25. The largest absolute Gasteiger partial charge is 0.480 e. The average molecular weight is 322 g/mol. The summed E-state index contributed by atoms with van der Waals surface area (Å²) in [4.78, 5) is 20.3. The Labute approximate surface area is 138 Å². The highest BCUT2D eigenvalue weighted by Gasteiger charge is 2.22. The maximum Gasteiger partial charge on any atom is 0.321 e. The maximum absolute atomic E-state index is 11.6. The molecule has 0 aliphatic rings. The minimum absolute atomic E-state index is 0.447. The molecule has 2 aromatic carbocycles. The standard InChI is InChI=1S/C18H14N2O2S/c21-17(22)16(14-9-5-2-6-10-14)23-18-19-12-11-15(20-18)13-7-3-1-4-8-13/h1-12,16H,(H,21,22)/t16-/m0/s1. The summed E-state index contributed by atoms with van der Waals surface area (Å²) in [6.45, 7) is 0. The van der Waals surface area contributed by atoms with Gasteiger partial charge in [0.05, 0.1) is 5.69 Å². The molecule has 0 amide bonds. The van der Waals surface area contributed by atoms with E-state index in [1.807, 2.05) is 54.6 Å². The van der Waals surface area contributed by atoms with Gasteiger partial charge in [-0.05, 0) is 11.6 Å². The van der Waals surface area contributed by atoms with Crippen LogP contribution in [0.2, 0.25) is 0 Å². The third kappa shape index (κ3) is 3.76. The molecule has 1 N–H and O–H groups in total. The molecule has 0 saturated heterocycles. The van der Waals surface area contributed by atoms with Crippen LogP contribution in [0.15, 0.2) is 78.1 Å². The lowest BCUT2D eigenvalue weighted by molar-refractivity contribution is -0.136. The van der Waals surface area contributed by atoms with Gasteiger partial charge in [0.15, 0.2) is 5.16 Å². The van der Waals surface area contributed by atoms with Crippen LogP contribution in [0.1, 0.15) is 10.8 Å². The lowest BCUT2D eigenvalue weighted by Crippen LogP contribution is -2.08. The molecule has 0 bridgehead atoms. The number of rotatable bonds is 5. The van der Waals surface area contributed by atoms with E-state index in [-0.39, 0.29) is 0 Å². The Morgan fingerprint density at radius 1 is 0.957 bits per heavy atom. The number of hydrogen-bond acceptors (Lipinski definition) is 4. The van der Waals surface area contributed by atoms with E-state index in [0.29, 0.717) is 5.16 Å². The lowest BCUT2D eigenvalue weighted by atomic mass is 10.1. The van der Waals surface area contributed by atoms with Crippen LogP contribution in [-0.4, -0.2) is 21.0 Å². The van der Waals surface area contributed by atoms with Gasteiger partial charge in [0, 0.05) is 11.8 Å². The van der Waals surface area contributed by atoms with Crippen LogP contribution in [0.25, 0.3) is 11.3 Å². The van der Waals surface area contributed by atoms with Crippen molar-refractivity contribution in [1.82, 2.24) is 9.97 Å². The van der Waals surface area contributed by atoms with Crippen molar-refractivity contribution in [3.8, 4) is 11.3 Å². The molecule has 0 saturated carbocycles.